The minimum absolute atomic E-state index is 0.172. The van der Waals surface area contributed by atoms with Crippen molar-refractivity contribution in [3.8, 4) is 5.75 Å². The van der Waals surface area contributed by atoms with Crippen LogP contribution < -0.4 is 10.5 Å². The van der Waals surface area contributed by atoms with E-state index < -0.39 is 11.9 Å². The predicted molar refractivity (Wildman–Crippen MR) is 87.2 cm³/mol. The molecule has 2 aromatic carbocycles. The molecular formula is C18H19NO4. The van der Waals surface area contributed by atoms with Gasteiger partial charge in [0.1, 0.15) is 11.3 Å². The Morgan fingerprint density at radius 1 is 1.04 bits per heavy atom. The lowest BCUT2D eigenvalue weighted by molar-refractivity contribution is -0.134. The van der Waals surface area contributed by atoms with Gasteiger partial charge >= 0.3 is 11.9 Å². The van der Waals surface area contributed by atoms with E-state index in [0.29, 0.717) is 12.1 Å². The van der Waals surface area contributed by atoms with Gasteiger partial charge in [0.05, 0.1) is 13.0 Å². The van der Waals surface area contributed by atoms with Crippen LogP contribution in [0, 0.1) is 0 Å². The van der Waals surface area contributed by atoms with E-state index in [0.717, 1.165) is 5.56 Å². The Balaban J connectivity index is 2.01. The fourth-order valence-electron chi connectivity index (χ4n) is 2.11. The van der Waals surface area contributed by atoms with Gasteiger partial charge in [0.15, 0.2) is 0 Å². The van der Waals surface area contributed by atoms with Gasteiger partial charge in [-0.3, -0.25) is 4.79 Å². The first-order valence-corrected chi connectivity index (χ1v) is 7.42. The fourth-order valence-corrected chi connectivity index (χ4v) is 2.11. The third-order valence-corrected chi connectivity index (χ3v) is 3.26. The van der Waals surface area contributed by atoms with Crippen LogP contribution in [0.5, 0.6) is 5.75 Å². The average molecular weight is 313 g/mol. The molecule has 5 heteroatoms. The molecule has 0 aliphatic rings. The Bertz CT molecular complexity index is 697. The van der Waals surface area contributed by atoms with Crippen molar-refractivity contribution in [1.29, 1.82) is 0 Å². The van der Waals surface area contributed by atoms with Crippen LogP contribution in [0.2, 0.25) is 0 Å². The number of aryl methyl sites for hydroxylation is 1. The third-order valence-electron chi connectivity index (χ3n) is 3.26. The van der Waals surface area contributed by atoms with Gasteiger partial charge in [-0.2, -0.15) is 0 Å². The van der Waals surface area contributed by atoms with E-state index in [2.05, 4.69) is 0 Å². The Kier molecular flexibility index (Phi) is 5.74. The van der Waals surface area contributed by atoms with Crippen molar-refractivity contribution in [2.24, 2.45) is 0 Å². The van der Waals surface area contributed by atoms with Crippen LogP contribution in [0.15, 0.2) is 48.5 Å². The van der Waals surface area contributed by atoms with Gasteiger partial charge in [-0.1, -0.05) is 30.3 Å². The number of rotatable bonds is 6. The zero-order valence-electron chi connectivity index (χ0n) is 13.0. The number of nitrogen functional groups attached to an aromatic ring is 1. The first-order valence-electron chi connectivity index (χ1n) is 7.42. The van der Waals surface area contributed by atoms with Crippen LogP contribution in [0.3, 0.4) is 0 Å². The van der Waals surface area contributed by atoms with Gasteiger partial charge in [0.25, 0.3) is 0 Å². The minimum Gasteiger partial charge on any atom is -0.462 e. The maximum Gasteiger partial charge on any atom is 0.341 e. The van der Waals surface area contributed by atoms with Gasteiger partial charge in [0, 0.05) is 5.69 Å². The summed E-state index contributed by atoms with van der Waals surface area (Å²) < 4.78 is 10.2. The largest absolute Gasteiger partial charge is 0.462 e. The van der Waals surface area contributed by atoms with Gasteiger partial charge in [-0.25, -0.2) is 4.79 Å². The SMILES string of the molecule is CCOC(=O)c1ccccc1OC(=O)CCc1ccccc1N. The smallest absolute Gasteiger partial charge is 0.341 e. The van der Waals surface area contributed by atoms with Crippen molar-refractivity contribution < 1.29 is 19.1 Å². The maximum atomic E-state index is 12.0. The molecule has 0 saturated heterocycles. The molecule has 0 aromatic heterocycles. The van der Waals surface area contributed by atoms with Crippen molar-refractivity contribution in [2.45, 2.75) is 19.8 Å². The highest BCUT2D eigenvalue weighted by Crippen LogP contribution is 2.20. The Labute approximate surface area is 135 Å². The normalized spacial score (nSPS) is 10.1. The lowest BCUT2D eigenvalue weighted by Gasteiger charge is -2.09. The number of carbonyl (C=O) groups excluding carboxylic acids is 2. The monoisotopic (exact) mass is 313 g/mol. The van der Waals surface area contributed by atoms with Crippen LogP contribution in [0.1, 0.15) is 29.3 Å². The molecule has 0 spiro atoms. The zero-order valence-corrected chi connectivity index (χ0v) is 13.0. The van der Waals surface area contributed by atoms with Crippen molar-refractivity contribution in [2.75, 3.05) is 12.3 Å². The van der Waals surface area contributed by atoms with Crippen molar-refractivity contribution in [3.05, 3.63) is 59.7 Å². The minimum atomic E-state index is -0.511. The summed E-state index contributed by atoms with van der Waals surface area (Å²) in [6.07, 6.45) is 0.651. The summed E-state index contributed by atoms with van der Waals surface area (Å²) in [6, 6.07) is 13.9. The molecule has 2 aromatic rings. The van der Waals surface area contributed by atoms with E-state index in [4.69, 9.17) is 15.2 Å². The van der Waals surface area contributed by atoms with Crippen LogP contribution in [0.25, 0.3) is 0 Å². The summed E-state index contributed by atoms with van der Waals surface area (Å²) in [6.45, 7) is 1.98. The Morgan fingerprint density at radius 2 is 1.74 bits per heavy atom. The molecule has 120 valence electrons. The molecule has 0 unspecified atom stereocenters. The summed E-state index contributed by atoms with van der Waals surface area (Å²) in [4.78, 5) is 23.9. The second-order valence-electron chi connectivity index (χ2n) is 4.89. The van der Waals surface area contributed by atoms with Crippen LogP contribution in [0.4, 0.5) is 5.69 Å². The lowest BCUT2D eigenvalue weighted by Crippen LogP contribution is -2.13. The first-order chi connectivity index (χ1) is 11.1. The Morgan fingerprint density at radius 3 is 2.48 bits per heavy atom. The summed E-state index contributed by atoms with van der Waals surface area (Å²) in [5, 5.41) is 0. The summed E-state index contributed by atoms with van der Waals surface area (Å²) in [5.41, 5.74) is 7.62. The summed E-state index contributed by atoms with van der Waals surface area (Å²) >= 11 is 0. The van der Waals surface area contributed by atoms with Gasteiger partial charge in [-0.15, -0.1) is 0 Å². The fraction of sp³-hybridized carbons (Fsp3) is 0.222. The van der Waals surface area contributed by atoms with E-state index in [1.807, 2.05) is 18.2 Å². The molecule has 0 aliphatic heterocycles. The van der Waals surface area contributed by atoms with E-state index in [-0.39, 0.29) is 24.3 Å². The van der Waals surface area contributed by atoms with E-state index in [1.165, 1.54) is 0 Å². The van der Waals surface area contributed by atoms with E-state index in [1.54, 1.807) is 37.3 Å². The second kappa shape index (κ2) is 7.98. The van der Waals surface area contributed by atoms with E-state index in [9.17, 15) is 9.59 Å². The molecule has 0 amide bonds. The standard InChI is InChI=1S/C18H19NO4/c1-2-22-18(21)14-8-4-6-10-16(14)23-17(20)12-11-13-7-3-5-9-15(13)19/h3-10H,2,11-12,19H2,1H3. The molecule has 0 saturated carbocycles. The number of hydrogen-bond donors (Lipinski definition) is 1. The first kappa shape index (κ1) is 16.5. The highest BCUT2D eigenvalue weighted by atomic mass is 16.5. The zero-order chi connectivity index (χ0) is 16.7. The Hall–Kier alpha value is -2.82. The molecule has 2 rings (SSSR count). The molecule has 23 heavy (non-hydrogen) atoms. The summed E-state index contributed by atoms with van der Waals surface area (Å²) in [7, 11) is 0. The quantitative estimate of drug-likeness (QED) is 0.504. The van der Waals surface area contributed by atoms with Crippen LogP contribution >= 0.6 is 0 Å². The molecule has 0 bridgehead atoms. The predicted octanol–water partition coefficient (Wildman–Crippen LogP) is 2.98. The van der Waals surface area contributed by atoms with Crippen LogP contribution in [-0.2, 0) is 16.0 Å². The maximum absolute atomic E-state index is 12.0. The van der Waals surface area contributed by atoms with Crippen LogP contribution in [-0.4, -0.2) is 18.5 Å². The summed E-state index contributed by atoms with van der Waals surface area (Å²) in [5.74, 6) is -0.731. The number of esters is 2. The second-order valence-corrected chi connectivity index (χ2v) is 4.89. The third kappa shape index (κ3) is 4.57. The highest BCUT2D eigenvalue weighted by Gasteiger charge is 2.16. The number of benzene rings is 2. The molecule has 0 heterocycles. The van der Waals surface area contributed by atoms with Crippen molar-refractivity contribution in [3.63, 3.8) is 0 Å². The highest BCUT2D eigenvalue weighted by molar-refractivity contribution is 5.93. The number of carbonyl (C=O) groups is 2. The van der Waals surface area contributed by atoms with Gasteiger partial charge < -0.3 is 15.2 Å². The van der Waals surface area contributed by atoms with Gasteiger partial charge in [0.2, 0.25) is 0 Å². The molecular weight excluding hydrogens is 294 g/mol. The number of para-hydroxylation sites is 2. The molecule has 2 N–H and O–H groups in total. The van der Waals surface area contributed by atoms with Gasteiger partial charge in [-0.05, 0) is 37.1 Å². The average Bonchev–Trinajstić information content (AvgIpc) is 2.55. The van der Waals surface area contributed by atoms with Crippen molar-refractivity contribution >= 4 is 17.6 Å². The number of ether oxygens (including phenoxy) is 2. The topological polar surface area (TPSA) is 78.6 Å². The molecule has 0 radical (unpaired) electrons. The molecule has 0 aliphatic carbocycles. The van der Waals surface area contributed by atoms with Crippen molar-refractivity contribution in [1.82, 2.24) is 0 Å². The molecule has 0 atom stereocenters. The number of hydrogen-bond acceptors (Lipinski definition) is 5. The van der Waals surface area contributed by atoms with E-state index >= 15 is 0 Å². The number of nitrogens with two attached hydrogens (primary N) is 1. The molecule has 0 fully saturated rings. The number of anilines is 1. The lowest BCUT2D eigenvalue weighted by atomic mass is 10.1. The molecule has 5 nitrogen and oxygen atoms in total.